The van der Waals surface area contributed by atoms with Gasteiger partial charge in [-0.2, -0.15) is 0 Å². The second-order valence-corrected chi connectivity index (χ2v) is 6.55. The van der Waals surface area contributed by atoms with Crippen LogP contribution in [0.1, 0.15) is 23.8 Å². The molecule has 1 amide bonds. The van der Waals surface area contributed by atoms with Gasteiger partial charge in [0.2, 0.25) is 17.7 Å². The molecule has 0 aliphatic rings. The molecule has 146 valence electrons. The monoisotopic (exact) mass is 379 g/mol. The van der Waals surface area contributed by atoms with E-state index in [1.165, 1.54) is 5.56 Å². The molecule has 0 fully saturated rings. The molecular formula is C22H25N3O3. The number of nitrogens with zero attached hydrogens (tertiary/aromatic N) is 3. The lowest BCUT2D eigenvalue weighted by atomic mass is 10.1. The van der Waals surface area contributed by atoms with E-state index in [2.05, 4.69) is 22.3 Å². The van der Waals surface area contributed by atoms with Gasteiger partial charge in [-0.15, -0.1) is 10.2 Å². The molecule has 6 heteroatoms. The second kappa shape index (κ2) is 10.3. The summed E-state index contributed by atoms with van der Waals surface area (Å²) < 4.78 is 11.3. The van der Waals surface area contributed by atoms with Crippen molar-refractivity contribution in [3.8, 4) is 5.75 Å². The standard InChI is InChI=1S/C22H25N3O3/c1-25(16-17-27-19-10-6-3-7-11-19)22(26)15-14-21-24-23-20(28-21)13-12-18-8-4-2-5-9-18/h2-11H,12-17H2,1H3. The fraction of sp³-hybridized carbons (Fsp3) is 0.318. The summed E-state index contributed by atoms with van der Waals surface area (Å²) >= 11 is 0. The van der Waals surface area contributed by atoms with Gasteiger partial charge in [-0.25, -0.2) is 0 Å². The highest BCUT2D eigenvalue weighted by atomic mass is 16.5. The van der Waals surface area contributed by atoms with Gasteiger partial charge in [0.15, 0.2) is 0 Å². The Morgan fingerprint density at radius 3 is 2.29 bits per heavy atom. The lowest BCUT2D eigenvalue weighted by Gasteiger charge is -2.17. The average Bonchev–Trinajstić information content (AvgIpc) is 3.20. The van der Waals surface area contributed by atoms with E-state index in [0.29, 0.717) is 44.2 Å². The minimum atomic E-state index is 0.0284. The van der Waals surface area contributed by atoms with Gasteiger partial charge in [-0.1, -0.05) is 48.5 Å². The molecule has 1 aromatic heterocycles. The van der Waals surface area contributed by atoms with Crippen LogP contribution in [0.15, 0.2) is 65.1 Å². The molecule has 28 heavy (non-hydrogen) atoms. The molecule has 3 aromatic rings. The van der Waals surface area contributed by atoms with Crippen molar-refractivity contribution in [2.75, 3.05) is 20.2 Å². The first-order valence-corrected chi connectivity index (χ1v) is 9.48. The van der Waals surface area contributed by atoms with Gasteiger partial charge in [0.1, 0.15) is 12.4 Å². The highest BCUT2D eigenvalue weighted by Gasteiger charge is 2.12. The number of para-hydroxylation sites is 1. The maximum absolute atomic E-state index is 12.3. The third-order valence-electron chi connectivity index (χ3n) is 4.40. The van der Waals surface area contributed by atoms with E-state index < -0.39 is 0 Å². The molecule has 1 heterocycles. The average molecular weight is 379 g/mol. The molecule has 0 spiro atoms. The third kappa shape index (κ3) is 6.23. The summed E-state index contributed by atoms with van der Waals surface area (Å²) in [5.74, 6) is 1.94. The summed E-state index contributed by atoms with van der Waals surface area (Å²) in [4.78, 5) is 13.9. The summed E-state index contributed by atoms with van der Waals surface area (Å²) in [7, 11) is 1.77. The zero-order chi connectivity index (χ0) is 19.6. The van der Waals surface area contributed by atoms with Crippen LogP contribution in [-0.2, 0) is 24.1 Å². The first kappa shape index (κ1) is 19.6. The van der Waals surface area contributed by atoms with Crippen LogP contribution in [0.4, 0.5) is 0 Å². The number of benzene rings is 2. The Morgan fingerprint density at radius 1 is 0.929 bits per heavy atom. The number of aryl methyl sites for hydroxylation is 3. The summed E-state index contributed by atoms with van der Waals surface area (Å²) in [6.07, 6.45) is 2.33. The lowest BCUT2D eigenvalue weighted by Crippen LogP contribution is -2.31. The molecule has 0 saturated heterocycles. The smallest absolute Gasteiger partial charge is 0.222 e. The molecule has 0 radical (unpaired) electrons. The number of rotatable bonds is 10. The number of ether oxygens (including phenoxy) is 1. The summed E-state index contributed by atoms with van der Waals surface area (Å²) in [5, 5.41) is 8.13. The largest absolute Gasteiger partial charge is 0.492 e. The molecule has 3 rings (SSSR count). The molecule has 0 N–H and O–H groups in total. The number of amides is 1. The lowest BCUT2D eigenvalue weighted by molar-refractivity contribution is -0.130. The van der Waals surface area contributed by atoms with Crippen molar-refractivity contribution in [1.29, 1.82) is 0 Å². The number of hydrogen-bond acceptors (Lipinski definition) is 5. The molecule has 0 unspecified atom stereocenters. The van der Waals surface area contributed by atoms with Crippen LogP contribution < -0.4 is 4.74 Å². The van der Waals surface area contributed by atoms with Crippen molar-refractivity contribution in [2.24, 2.45) is 0 Å². The Balaban J connectivity index is 1.36. The Morgan fingerprint density at radius 2 is 1.57 bits per heavy atom. The maximum Gasteiger partial charge on any atom is 0.222 e. The van der Waals surface area contributed by atoms with Crippen molar-refractivity contribution in [3.63, 3.8) is 0 Å². The van der Waals surface area contributed by atoms with E-state index in [-0.39, 0.29) is 5.91 Å². The highest BCUT2D eigenvalue weighted by Crippen LogP contribution is 2.10. The van der Waals surface area contributed by atoms with E-state index in [0.717, 1.165) is 12.2 Å². The van der Waals surface area contributed by atoms with Crippen LogP contribution in [0, 0.1) is 0 Å². The Bertz CT molecular complexity index is 850. The normalized spacial score (nSPS) is 10.6. The number of aromatic nitrogens is 2. The fourth-order valence-electron chi connectivity index (χ4n) is 2.73. The fourth-order valence-corrected chi connectivity index (χ4v) is 2.73. The SMILES string of the molecule is CN(CCOc1ccccc1)C(=O)CCc1nnc(CCc2ccccc2)o1. The summed E-state index contributed by atoms with van der Waals surface area (Å²) in [5.41, 5.74) is 1.23. The van der Waals surface area contributed by atoms with E-state index >= 15 is 0 Å². The molecule has 0 bridgehead atoms. The van der Waals surface area contributed by atoms with Crippen LogP contribution in [0.2, 0.25) is 0 Å². The van der Waals surface area contributed by atoms with Crippen LogP contribution in [0.5, 0.6) is 5.75 Å². The number of likely N-dealkylation sites (N-methyl/N-ethyl adjacent to an activating group) is 1. The zero-order valence-corrected chi connectivity index (χ0v) is 16.1. The van der Waals surface area contributed by atoms with Crippen molar-refractivity contribution in [2.45, 2.75) is 25.7 Å². The van der Waals surface area contributed by atoms with Crippen molar-refractivity contribution in [3.05, 3.63) is 78.0 Å². The van der Waals surface area contributed by atoms with Gasteiger partial charge in [-0.3, -0.25) is 4.79 Å². The van der Waals surface area contributed by atoms with Gasteiger partial charge in [0.05, 0.1) is 6.54 Å². The Labute approximate surface area is 165 Å². The number of carbonyl (C=O) groups excluding carboxylic acids is 1. The molecule has 2 aromatic carbocycles. The zero-order valence-electron chi connectivity index (χ0n) is 16.1. The molecule has 0 aliphatic heterocycles. The summed E-state index contributed by atoms with van der Waals surface area (Å²) in [6.45, 7) is 0.982. The van der Waals surface area contributed by atoms with Crippen LogP contribution in [-0.4, -0.2) is 41.2 Å². The molecule has 0 saturated carbocycles. The topological polar surface area (TPSA) is 68.5 Å². The minimum absolute atomic E-state index is 0.0284. The van der Waals surface area contributed by atoms with Gasteiger partial charge in [0, 0.05) is 26.3 Å². The molecule has 6 nitrogen and oxygen atoms in total. The van der Waals surface area contributed by atoms with E-state index in [1.807, 2.05) is 48.5 Å². The van der Waals surface area contributed by atoms with Gasteiger partial charge >= 0.3 is 0 Å². The minimum Gasteiger partial charge on any atom is -0.492 e. The molecular weight excluding hydrogens is 354 g/mol. The van der Waals surface area contributed by atoms with Crippen molar-refractivity contribution in [1.82, 2.24) is 15.1 Å². The third-order valence-corrected chi connectivity index (χ3v) is 4.40. The van der Waals surface area contributed by atoms with E-state index in [9.17, 15) is 4.79 Å². The first-order chi connectivity index (χ1) is 13.7. The summed E-state index contributed by atoms with van der Waals surface area (Å²) in [6, 6.07) is 19.7. The van der Waals surface area contributed by atoms with E-state index in [1.54, 1.807) is 11.9 Å². The van der Waals surface area contributed by atoms with Crippen LogP contribution in [0.25, 0.3) is 0 Å². The predicted octanol–water partition coefficient (Wildman–Crippen LogP) is 3.32. The number of carbonyl (C=O) groups is 1. The van der Waals surface area contributed by atoms with Gasteiger partial charge < -0.3 is 14.1 Å². The van der Waals surface area contributed by atoms with E-state index in [4.69, 9.17) is 9.15 Å². The Hall–Kier alpha value is -3.15. The quantitative estimate of drug-likeness (QED) is 0.540. The van der Waals surface area contributed by atoms with Crippen LogP contribution >= 0.6 is 0 Å². The predicted molar refractivity (Wildman–Crippen MR) is 106 cm³/mol. The number of hydrogen-bond donors (Lipinski definition) is 0. The molecule has 0 aliphatic carbocycles. The second-order valence-electron chi connectivity index (χ2n) is 6.55. The molecule has 0 atom stereocenters. The van der Waals surface area contributed by atoms with Crippen LogP contribution in [0.3, 0.4) is 0 Å². The van der Waals surface area contributed by atoms with Crippen molar-refractivity contribution < 1.29 is 13.9 Å². The Kier molecular flexibility index (Phi) is 7.18. The van der Waals surface area contributed by atoms with Gasteiger partial charge in [0.25, 0.3) is 0 Å². The van der Waals surface area contributed by atoms with Crippen molar-refractivity contribution >= 4 is 5.91 Å². The maximum atomic E-state index is 12.3. The first-order valence-electron chi connectivity index (χ1n) is 9.48. The highest BCUT2D eigenvalue weighted by molar-refractivity contribution is 5.75. The van der Waals surface area contributed by atoms with Gasteiger partial charge in [-0.05, 0) is 24.1 Å².